The summed E-state index contributed by atoms with van der Waals surface area (Å²) in [5.41, 5.74) is 2.41. The molecule has 0 saturated heterocycles. The Morgan fingerprint density at radius 1 is 1.29 bits per heavy atom. The van der Waals surface area contributed by atoms with Gasteiger partial charge < -0.3 is 5.32 Å². The highest BCUT2D eigenvalue weighted by Crippen LogP contribution is 2.17. The van der Waals surface area contributed by atoms with Gasteiger partial charge in [-0.15, -0.1) is 11.3 Å². The largest absolute Gasteiger partial charge is 0.370 e. The topological polar surface area (TPSA) is 66.9 Å². The molecule has 1 amide bonds. The number of hydrogen-bond acceptors (Lipinski definition) is 5. The van der Waals surface area contributed by atoms with Crippen molar-refractivity contribution in [2.24, 2.45) is 0 Å². The molecule has 2 aromatic heterocycles. The second-order valence-electron chi connectivity index (χ2n) is 4.76. The van der Waals surface area contributed by atoms with E-state index in [0.717, 1.165) is 36.6 Å². The number of carbonyl (C=O) groups excluding carboxylic acids is 1. The molecular formula is C15H20N4OS. The van der Waals surface area contributed by atoms with E-state index in [4.69, 9.17) is 0 Å². The van der Waals surface area contributed by atoms with Crippen LogP contribution >= 0.6 is 11.3 Å². The van der Waals surface area contributed by atoms with Crippen LogP contribution in [0.25, 0.3) is 0 Å². The first-order chi connectivity index (χ1) is 10.1. The first-order valence-electron chi connectivity index (χ1n) is 7.10. The van der Waals surface area contributed by atoms with Crippen molar-refractivity contribution in [1.29, 1.82) is 0 Å². The van der Waals surface area contributed by atoms with Crippen molar-refractivity contribution in [3.8, 4) is 0 Å². The molecule has 0 spiro atoms. The number of anilines is 2. The third-order valence-corrected chi connectivity index (χ3v) is 3.77. The first kappa shape index (κ1) is 15.4. The maximum atomic E-state index is 12.3. The van der Waals surface area contributed by atoms with Gasteiger partial charge in [0.05, 0.1) is 5.69 Å². The zero-order valence-electron chi connectivity index (χ0n) is 12.6. The predicted octanol–water partition coefficient (Wildman–Crippen LogP) is 3.48. The highest BCUT2D eigenvalue weighted by atomic mass is 32.1. The lowest BCUT2D eigenvalue weighted by Gasteiger charge is -2.09. The molecule has 0 aliphatic heterocycles. The molecule has 112 valence electrons. The number of carbonyl (C=O) groups is 1. The molecule has 0 saturated carbocycles. The van der Waals surface area contributed by atoms with Gasteiger partial charge in [0.25, 0.3) is 5.91 Å². The number of rotatable bonds is 6. The highest BCUT2D eigenvalue weighted by molar-refractivity contribution is 7.13. The number of aryl methyl sites for hydroxylation is 2. The second kappa shape index (κ2) is 7.17. The molecule has 0 fully saturated rings. The molecule has 0 atom stereocenters. The van der Waals surface area contributed by atoms with Crippen LogP contribution in [0.4, 0.5) is 10.9 Å². The summed E-state index contributed by atoms with van der Waals surface area (Å²) in [5, 5.41) is 8.59. The fourth-order valence-corrected chi connectivity index (χ4v) is 2.51. The number of hydrogen-bond donors (Lipinski definition) is 2. The normalized spacial score (nSPS) is 10.4. The lowest BCUT2D eigenvalue weighted by atomic mass is 10.2. The van der Waals surface area contributed by atoms with Gasteiger partial charge in [-0.05, 0) is 31.9 Å². The first-order valence-corrected chi connectivity index (χ1v) is 7.98. The van der Waals surface area contributed by atoms with Gasteiger partial charge >= 0.3 is 0 Å². The Kier molecular flexibility index (Phi) is 5.27. The number of pyridine rings is 1. The summed E-state index contributed by atoms with van der Waals surface area (Å²) in [4.78, 5) is 21.0. The molecule has 6 heteroatoms. The zero-order chi connectivity index (χ0) is 15.2. The van der Waals surface area contributed by atoms with Crippen LogP contribution in [0.5, 0.6) is 0 Å². The zero-order valence-corrected chi connectivity index (χ0v) is 13.4. The minimum atomic E-state index is -0.152. The number of nitrogens with one attached hydrogen (secondary N) is 2. The number of nitrogens with zero attached hydrogens (tertiary/aromatic N) is 2. The highest BCUT2D eigenvalue weighted by Gasteiger charge is 2.11. The SMILES string of the molecule is CCCNc1cc(C(=O)Nc2nc(C)cs2)cc(CC)n1. The van der Waals surface area contributed by atoms with Crippen molar-refractivity contribution in [2.75, 3.05) is 17.2 Å². The minimum Gasteiger partial charge on any atom is -0.370 e. The van der Waals surface area contributed by atoms with E-state index in [9.17, 15) is 4.79 Å². The van der Waals surface area contributed by atoms with Crippen molar-refractivity contribution in [1.82, 2.24) is 9.97 Å². The van der Waals surface area contributed by atoms with E-state index in [0.29, 0.717) is 10.7 Å². The Labute approximate surface area is 128 Å². The lowest BCUT2D eigenvalue weighted by Crippen LogP contribution is -2.14. The summed E-state index contributed by atoms with van der Waals surface area (Å²) >= 11 is 1.43. The van der Waals surface area contributed by atoms with E-state index in [1.807, 2.05) is 25.3 Å². The summed E-state index contributed by atoms with van der Waals surface area (Å²) < 4.78 is 0. The van der Waals surface area contributed by atoms with Crippen molar-refractivity contribution in [3.63, 3.8) is 0 Å². The third kappa shape index (κ3) is 4.26. The Bertz CT molecular complexity index is 624. The fraction of sp³-hybridized carbons (Fsp3) is 0.400. The molecule has 0 bridgehead atoms. The van der Waals surface area contributed by atoms with E-state index >= 15 is 0 Å². The number of thiazole rings is 1. The standard InChI is InChI=1S/C15H20N4OS/c1-4-6-16-13-8-11(7-12(5-2)18-13)14(20)19-15-17-10(3)9-21-15/h7-9H,4-6H2,1-3H3,(H,16,18)(H,17,19,20). The molecule has 2 heterocycles. The Balaban J connectivity index is 2.18. The van der Waals surface area contributed by atoms with E-state index in [2.05, 4.69) is 27.5 Å². The Morgan fingerprint density at radius 2 is 2.10 bits per heavy atom. The van der Waals surface area contributed by atoms with Crippen molar-refractivity contribution < 1.29 is 4.79 Å². The van der Waals surface area contributed by atoms with E-state index in [1.165, 1.54) is 11.3 Å². The monoisotopic (exact) mass is 304 g/mol. The molecule has 2 rings (SSSR count). The second-order valence-corrected chi connectivity index (χ2v) is 5.62. The lowest BCUT2D eigenvalue weighted by molar-refractivity contribution is 0.102. The van der Waals surface area contributed by atoms with Crippen molar-refractivity contribution >= 4 is 28.2 Å². The van der Waals surface area contributed by atoms with Crippen LogP contribution in [0.3, 0.4) is 0 Å². The summed E-state index contributed by atoms with van der Waals surface area (Å²) in [6.45, 7) is 6.86. The number of amides is 1. The summed E-state index contributed by atoms with van der Waals surface area (Å²) in [6, 6.07) is 3.61. The molecule has 2 aromatic rings. The van der Waals surface area contributed by atoms with Crippen LogP contribution < -0.4 is 10.6 Å². The van der Waals surface area contributed by atoms with E-state index in [1.54, 1.807) is 6.07 Å². The van der Waals surface area contributed by atoms with Crippen LogP contribution in [0, 0.1) is 6.92 Å². The summed E-state index contributed by atoms with van der Waals surface area (Å²) in [7, 11) is 0. The van der Waals surface area contributed by atoms with Gasteiger partial charge in [-0.1, -0.05) is 13.8 Å². The van der Waals surface area contributed by atoms with Gasteiger partial charge in [-0.25, -0.2) is 9.97 Å². The van der Waals surface area contributed by atoms with Crippen LogP contribution in [0.15, 0.2) is 17.5 Å². The van der Waals surface area contributed by atoms with Gasteiger partial charge in [0.15, 0.2) is 5.13 Å². The van der Waals surface area contributed by atoms with Crippen LogP contribution in [0.2, 0.25) is 0 Å². The fourth-order valence-electron chi connectivity index (χ4n) is 1.82. The smallest absolute Gasteiger partial charge is 0.257 e. The summed E-state index contributed by atoms with van der Waals surface area (Å²) in [6.07, 6.45) is 1.80. The van der Waals surface area contributed by atoms with E-state index in [-0.39, 0.29) is 5.91 Å². The van der Waals surface area contributed by atoms with Gasteiger partial charge in [0, 0.05) is 23.2 Å². The maximum Gasteiger partial charge on any atom is 0.257 e. The molecular weight excluding hydrogens is 284 g/mol. The molecule has 0 radical (unpaired) electrons. The molecule has 21 heavy (non-hydrogen) atoms. The van der Waals surface area contributed by atoms with Gasteiger partial charge in [0.1, 0.15) is 5.82 Å². The van der Waals surface area contributed by atoms with Crippen molar-refractivity contribution in [3.05, 3.63) is 34.5 Å². The molecule has 0 unspecified atom stereocenters. The average Bonchev–Trinajstić information content (AvgIpc) is 2.89. The van der Waals surface area contributed by atoms with E-state index < -0.39 is 0 Å². The van der Waals surface area contributed by atoms with Gasteiger partial charge in [0.2, 0.25) is 0 Å². The summed E-state index contributed by atoms with van der Waals surface area (Å²) in [5.74, 6) is 0.595. The molecule has 0 aliphatic carbocycles. The predicted molar refractivity (Wildman–Crippen MR) is 87.2 cm³/mol. The Hall–Kier alpha value is -1.95. The quantitative estimate of drug-likeness (QED) is 0.857. The van der Waals surface area contributed by atoms with Crippen molar-refractivity contribution in [2.45, 2.75) is 33.6 Å². The van der Waals surface area contributed by atoms with Crippen LogP contribution in [-0.4, -0.2) is 22.4 Å². The molecule has 0 aliphatic rings. The van der Waals surface area contributed by atoms with Gasteiger partial charge in [-0.3, -0.25) is 10.1 Å². The van der Waals surface area contributed by atoms with Crippen LogP contribution in [0.1, 0.15) is 42.0 Å². The number of aromatic nitrogens is 2. The average molecular weight is 304 g/mol. The maximum absolute atomic E-state index is 12.3. The molecule has 5 nitrogen and oxygen atoms in total. The molecule has 2 N–H and O–H groups in total. The van der Waals surface area contributed by atoms with Crippen LogP contribution in [-0.2, 0) is 6.42 Å². The Morgan fingerprint density at radius 3 is 2.71 bits per heavy atom. The third-order valence-electron chi connectivity index (χ3n) is 2.90. The molecule has 0 aromatic carbocycles. The minimum absolute atomic E-state index is 0.152. The van der Waals surface area contributed by atoms with Gasteiger partial charge in [-0.2, -0.15) is 0 Å².